The molecule has 6 rings (SSSR count). The Bertz CT molecular complexity index is 1530. The van der Waals surface area contributed by atoms with Crippen molar-refractivity contribution in [3.8, 4) is 0 Å². The number of nitrogens with one attached hydrogen (secondary N) is 1. The minimum atomic E-state index is -1.54. The van der Waals surface area contributed by atoms with Gasteiger partial charge in [-0.3, -0.25) is 9.59 Å². The Morgan fingerprint density at radius 2 is 1.67 bits per heavy atom. The lowest BCUT2D eigenvalue weighted by molar-refractivity contribution is -0.298. The lowest BCUT2D eigenvalue weighted by atomic mass is 9.91. The zero-order chi connectivity index (χ0) is 38.8. The van der Waals surface area contributed by atoms with Crippen molar-refractivity contribution in [1.82, 2.24) is 5.32 Å². The summed E-state index contributed by atoms with van der Waals surface area (Å²) in [5.41, 5.74) is 0.683. The van der Waals surface area contributed by atoms with Gasteiger partial charge in [0.25, 0.3) is 0 Å². The van der Waals surface area contributed by atoms with Crippen molar-refractivity contribution >= 4 is 23.9 Å². The van der Waals surface area contributed by atoms with Crippen molar-refractivity contribution in [2.24, 2.45) is 11.8 Å². The number of aliphatic hydroxyl groups excluding tert-OH is 5. The summed E-state index contributed by atoms with van der Waals surface area (Å²) in [7, 11) is 0. The first-order chi connectivity index (χ1) is 25.7. The number of benzene rings is 1. The van der Waals surface area contributed by atoms with Crippen LogP contribution in [0.15, 0.2) is 42.0 Å². The van der Waals surface area contributed by atoms with Gasteiger partial charge in [-0.05, 0) is 76.6 Å². The van der Waals surface area contributed by atoms with Crippen LogP contribution in [0.3, 0.4) is 0 Å². The third-order valence-corrected chi connectivity index (χ3v) is 10.3. The zero-order valence-corrected chi connectivity index (χ0v) is 30.9. The molecule has 2 heterocycles. The van der Waals surface area contributed by atoms with E-state index in [1.165, 1.54) is 0 Å². The van der Waals surface area contributed by atoms with Gasteiger partial charge in [-0.1, -0.05) is 24.3 Å². The number of amides is 1. The van der Waals surface area contributed by atoms with Crippen LogP contribution in [-0.4, -0.2) is 130 Å². The Labute approximate surface area is 314 Å². The predicted octanol–water partition coefficient (Wildman–Crippen LogP) is 1.27. The molecule has 3 aliphatic carbocycles. The molecule has 9 atom stereocenters. The average molecular weight is 760 g/mol. The Morgan fingerprint density at radius 3 is 2.28 bits per heavy atom. The minimum absolute atomic E-state index is 0.0134. The first-order valence-electron chi connectivity index (χ1n) is 18.8. The summed E-state index contributed by atoms with van der Waals surface area (Å²) in [6.07, 6.45) is 0.353. The molecule has 4 fully saturated rings. The number of fused-ring (bicyclic) bond motifs is 1. The number of ether oxygens (including phenoxy) is 6. The fraction of sp³-hybridized carbons (Fsp3) is 0.667. The molecule has 6 N–H and O–H groups in total. The maximum atomic E-state index is 13.6. The summed E-state index contributed by atoms with van der Waals surface area (Å²) >= 11 is 0. The third kappa shape index (κ3) is 9.57. The van der Waals surface area contributed by atoms with Gasteiger partial charge in [0.2, 0.25) is 5.91 Å². The van der Waals surface area contributed by atoms with E-state index in [9.17, 15) is 39.9 Å². The Kier molecular flexibility index (Phi) is 12.6. The van der Waals surface area contributed by atoms with Gasteiger partial charge in [0.1, 0.15) is 48.3 Å². The number of carbonyl (C=O) groups is 3. The molecule has 1 aromatic rings. The van der Waals surface area contributed by atoms with Crippen LogP contribution in [0, 0.1) is 11.8 Å². The Balaban J connectivity index is 1.08. The Hall–Kier alpha value is -3.25. The number of aliphatic hydroxyl groups is 5. The van der Waals surface area contributed by atoms with E-state index in [2.05, 4.69) is 5.32 Å². The van der Waals surface area contributed by atoms with Crippen LogP contribution in [-0.2, 0) is 38.0 Å². The highest BCUT2D eigenvalue weighted by molar-refractivity contribution is 5.94. The second-order valence-corrected chi connectivity index (χ2v) is 15.8. The van der Waals surface area contributed by atoms with Crippen LogP contribution in [0.1, 0.15) is 81.6 Å². The van der Waals surface area contributed by atoms with Gasteiger partial charge in [0.15, 0.2) is 12.1 Å². The fourth-order valence-corrected chi connectivity index (χ4v) is 7.22. The minimum Gasteiger partial charge on any atom is -0.460 e. The summed E-state index contributed by atoms with van der Waals surface area (Å²) in [6.45, 7) is 4.34. The monoisotopic (exact) mass is 759 g/mol. The molecule has 54 heavy (non-hydrogen) atoms. The van der Waals surface area contributed by atoms with Crippen molar-refractivity contribution in [2.45, 2.75) is 132 Å². The molecule has 15 nitrogen and oxygen atoms in total. The SMILES string of the molecule is CC(C)(C)OC(=O)CCC(CO)NC(=O)C1=CC2OC(C3CC3)(C3CC3)OC2C(OC(=O)c2ccc(C=CCOC3OC(CO)C(O)C(O)C3O)cc2)C1. The van der Waals surface area contributed by atoms with E-state index in [0.717, 1.165) is 31.2 Å². The smallest absolute Gasteiger partial charge is 0.338 e. The molecule has 2 saturated carbocycles. The van der Waals surface area contributed by atoms with E-state index in [-0.39, 0.29) is 49.9 Å². The van der Waals surface area contributed by atoms with Crippen molar-refractivity contribution in [1.29, 1.82) is 0 Å². The summed E-state index contributed by atoms with van der Waals surface area (Å²) in [4.78, 5) is 39.4. The quantitative estimate of drug-likeness (QED) is 0.139. The summed E-state index contributed by atoms with van der Waals surface area (Å²) < 4.78 is 35.6. The van der Waals surface area contributed by atoms with Crippen LogP contribution in [0.25, 0.3) is 6.08 Å². The zero-order valence-electron chi connectivity index (χ0n) is 30.9. The van der Waals surface area contributed by atoms with Crippen molar-refractivity contribution < 1.29 is 68.3 Å². The molecule has 15 heteroatoms. The molecule has 1 aromatic carbocycles. The van der Waals surface area contributed by atoms with Crippen molar-refractivity contribution in [3.05, 3.63) is 53.1 Å². The first-order valence-corrected chi connectivity index (χ1v) is 18.8. The van der Waals surface area contributed by atoms with Gasteiger partial charge in [-0.2, -0.15) is 0 Å². The van der Waals surface area contributed by atoms with E-state index in [1.807, 2.05) is 0 Å². The van der Waals surface area contributed by atoms with Crippen LogP contribution in [0.4, 0.5) is 0 Å². The lowest BCUT2D eigenvalue weighted by Crippen LogP contribution is -2.59. The molecule has 0 aromatic heterocycles. The molecular formula is C39H53NO14. The molecule has 2 saturated heterocycles. The summed E-state index contributed by atoms with van der Waals surface area (Å²) in [5.74, 6) is -1.78. The third-order valence-electron chi connectivity index (χ3n) is 10.3. The van der Waals surface area contributed by atoms with Gasteiger partial charge in [0, 0.05) is 30.3 Å². The standard InChI is InChI=1S/C39H53NO14/c1-38(2,3)53-30(43)15-14-26(19-41)40-35(47)23-17-27(34-28(18-23)52-39(54-34,24-10-11-24)25-12-13-25)50-36(48)22-8-6-21(7-9-22)5-4-16-49-37-33(46)32(45)31(44)29(20-42)51-37/h4-9,18,24-29,31-34,37,41-42,44-46H,10-17,19-20H2,1-3H3,(H,40,47). The van der Waals surface area contributed by atoms with Gasteiger partial charge in [0.05, 0.1) is 31.4 Å². The lowest BCUT2D eigenvalue weighted by Gasteiger charge is -2.39. The largest absolute Gasteiger partial charge is 0.460 e. The van der Waals surface area contributed by atoms with Crippen LogP contribution < -0.4 is 5.32 Å². The van der Waals surface area contributed by atoms with E-state index >= 15 is 0 Å². The molecule has 5 aliphatic rings. The first kappa shape index (κ1) is 40.4. The number of esters is 2. The van der Waals surface area contributed by atoms with Crippen LogP contribution in [0.5, 0.6) is 0 Å². The molecule has 298 valence electrons. The van der Waals surface area contributed by atoms with Crippen molar-refractivity contribution in [3.63, 3.8) is 0 Å². The second-order valence-electron chi connectivity index (χ2n) is 15.8. The molecule has 1 amide bonds. The van der Waals surface area contributed by atoms with Gasteiger partial charge in [-0.25, -0.2) is 4.79 Å². The molecule has 2 aliphatic heterocycles. The van der Waals surface area contributed by atoms with Crippen molar-refractivity contribution in [2.75, 3.05) is 19.8 Å². The number of carbonyl (C=O) groups excluding carboxylic acids is 3. The highest BCUT2D eigenvalue weighted by Crippen LogP contribution is 2.59. The highest BCUT2D eigenvalue weighted by atomic mass is 16.8. The Morgan fingerprint density at radius 1 is 0.981 bits per heavy atom. The molecular weight excluding hydrogens is 706 g/mol. The van der Waals surface area contributed by atoms with Crippen LogP contribution in [0.2, 0.25) is 0 Å². The van der Waals surface area contributed by atoms with Gasteiger partial charge >= 0.3 is 11.9 Å². The van der Waals surface area contributed by atoms with E-state index in [4.69, 9.17) is 28.4 Å². The van der Waals surface area contributed by atoms with Gasteiger partial charge < -0.3 is 59.3 Å². The summed E-state index contributed by atoms with van der Waals surface area (Å²) in [6, 6.07) is 5.91. The number of rotatable bonds is 15. The maximum absolute atomic E-state index is 13.6. The van der Waals surface area contributed by atoms with Gasteiger partial charge in [-0.15, -0.1) is 0 Å². The maximum Gasteiger partial charge on any atom is 0.338 e. The normalized spacial score (nSPS) is 31.4. The molecule has 0 spiro atoms. The molecule has 0 bridgehead atoms. The number of hydrogen-bond acceptors (Lipinski definition) is 14. The second kappa shape index (κ2) is 16.9. The fourth-order valence-electron chi connectivity index (χ4n) is 7.22. The average Bonchev–Trinajstić information content (AvgIpc) is 4.08. The topological polar surface area (TPSA) is 220 Å². The highest BCUT2D eigenvalue weighted by Gasteiger charge is 2.64. The molecule has 0 radical (unpaired) electrons. The van der Waals surface area contributed by atoms with Crippen LogP contribution >= 0.6 is 0 Å². The van der Waals surface area contributed by atoms with E-state index in [1.54, 1.807) is 63.3 Å². The van der Waals surface area contributed by atoms with E-state index in [0.29, 0.717) is 5.57 Å². The molecule has 9 unspecified atom stereocenters. The summed E-state index contributed by atoms with van der Waals surface area (Å²) in [5, 5.41) is 52.2. The predicted molar refractivity (Wildman–Crippen MR) is 189 cm³/mol. The number of hydrogen-bond donors (Lipinski definition) is 6. The van der Waals surface area contributed by atoms with E-state index < -0.39 is 90.9 Å².